The van der Waals surface area contributed by atoms with E-state index in [0.717, 1.165) is 35.5 Å². The molecule has 1 saturated heterocycles. The lowest BCUT2D eigenvalue weighted by atomic mass is 9.93. The first-order chi connectivity index (χ1) is 15.1. The van der Waals surface area contributed by atoms with Gasteiger partial charge in [-0.15, -0.1) is 0 Å². The highest BCUT2D eigenvalue weighted by Crippen LogP contribution is 2.28. The summed E-state index contributed by atoms with van der Waals surface area (Å²) in [6.45, 7) is 3.76. The maximum Gasteiger partial charge on any atom is 0.343 e. The van der Waals surface area contributed by atoms with Crippen molar-refractivity contribution < 1.29 is 9.53 Å². The Bertz CT molecular complexity index is 1060. The molecule has 0 bridgehead atoms. The molecule has 1 aliphatic rings. The summed E-state index contributed by atoms with van der Waals surface area (Å²) in [5, 5.41) is 6.92. The van der Waals surface area contributed by atoms with Crippen molar-refractivity contribution in [3.63, 3.8) is 0 Å². The number of methoxy groups -OCH3 is 1. The maximum atomic E-state index is 12.9. The topological polar surface area (TPSA) is 80.2 Å². The molecule has 1 amide bonds. The summed E-state index contributed by atoms with van der Waals surface area (Å²) in [6.07, 6.45) is 1.58. The van der Waals surface area contributed by atoms with E-state index in [0.29, 0.717) is 19.6 Å². The van der Waals surface area contributed by atoms with Gasteiger partial charge in [-0.2, -0.15) is 5.10 Å². The van der Waals surface area contributed by atoms with Crippen LogP contribution in [0.3, 0.4) is 0 Å². The Morgan fingerprint density at radius 1 is 1.13 bits per heavy atom. The van der Waals surface area contributed by atoms with Crippen LogP contribution in [0.1, 0.15) is 48.6 Å². The number of carbonyl (C=O) groups is 1. The number of piperidine rings is 1. The Hall–Kier alpha value is -3.35. The third-order valence-corrected chi connectivity index (χ3v) is 6.13. The predicted octanol–water partition coefficient (Wildman–Crippen LogP) is 3.14. The number of hydrogen-bond acceptors (Lipinski definition) is 4. The van der Waals surface area contributed by atoms with Gasteiger partial charge >= 0.3 is 5.69 Å². The predicted molar refractivity (Wildman–Crippen MR) is 118 cm³/mol. The van der Waals surface area contributed by atoms with Crippen molar-refractivity contribution in [1.29, 1.82) is 0 Å². The summed E-state index contributed by atoms with van der Waals surface area (Å²) < 4.78 is 6.91. The van der Waals surface area contributed by atoms with Gasteiger partial charge in [-0.05, 0) is 43.0 Å². The molecular formula is C24H28N4O3. The van der Waals surface area contributed by atoms with E-state index in [-0.39, 0.29) is 23.4 Å². The van der Waals surface area contributed by atoms with Crippen LogP contribution in [0.25, 0.3) is 0 Å². The molecule has 1 fully saturated rings. The van der Waals surface area contributed by atoms with Gasteiger partial charge in [-0.1, -0.05) is 42.5 Å². The summed E-state index contributed by atoms with van der Waals surface area (Å²) in [5.41, 5.74) is 1.84. The SMILES string of the molecule is COc1ccc(Cn2c(C3CCN(C(=O)[C@@H](C)c4ccccc4)CC3)n[nH]c2=O)cc1. The first kappa shape index (κ1) is 20.9. The first-order valence-electron chi connectivity index (χ1n) is 10.7. The van der Waals surface area contributed by atoms with Gasteiger partial charge < -0.3 is 9.64 Å². The normalized spacial score (nSPS) is 15.6. The molecule has 3 aromatic rings. The summed E-state index contributed by atoms with van der Waals surface area (Å²) in [4.78, 5) is 27.3. The van der Waals surface area contributed by atoms with Crippen LogP contribution < -0.4 is 10.4 Å². The molecule has 7 heteroatoms. The zero-order valence-electron chi connectivity index (χ0n) is 18.0. The molecule has 4 rings (SSSR count). The van der Waals surface area contributed by atoms with Crippen LogP contribution in [0.4, 0.5) is 0 Å². The van der Waals surface area contributed by atoms with Gasteiger partial charge in [0.1, 0.15) is 11.6 Å². The van der Waals surface area contributed by atoms with Gasteiger partial charge in [0.2, 0.25) is 5.91 Å². The van der Waals surface area contributed by atoms with Crippen molar-refractivity contribution in [1.82, 2.24) is 19.7 Å². The molecule has 1 atom stereocenters. The van der Waals surface area contributed by atoms with E-state index in [1.807, 2.05) is 66.4 Å². The number of H-pyrrole nitrogens is 1. The van der Waals surface area contributed by atoms with Crippen molar-refractivity contribution in [3.8, 4) is 5.75 Å². The van der Waals surface area contributed by atoms with Crippen molar-refractivity contribution in [2.75, 3.05) is 20.2 Å². The molecule has 0 unspecified atom stereocenters. The molecular weight excluding hydrogens is 392 g/mol. The number of rotatable bonds is 6. The second kappa shape index (κ2) is 9.20. The second-order valence-electron chi connectivity index (χ2n) is 8.05. The molecule has 1 aliphatic heterocycles. The minimum atomic E-state index is -0.206. The molecule has 1 N–H and O–H groups in total. The van der Waals surface area contributed by atoms with Gasteiger partial charge in [0.05, 0.1) is 19.6 Å². The molecule has 2 heterocycles. The molecule has 1 aromatic heterocycles. The van der Waals surface area contributed by atoms with Crippen LogP contribution in [0.5, 0.6) is 5.75 Å². The average molecular weight is 421 g/mol. The number of carbonyl (C=O) groups excluding carboxylic acids is 1. The average Bonchev–Trinajstić information content (AvgIpc) is 3.19. The van der Waals surface area contributed by atoms with Crippen molar-refractivity contribution in [2.45, 2.75) is 38.1 Å². The second-order valence-corrected chi connectivity index (χ2v) is 8.05. The maximum absolute atomic E-state index is 12.9. The molecule has 0 aliphatic carbocycles. The standard InChI is InChI=1S/C24H28N4O3/c1-17(19-6-4-3-5-7-19)23(29)27-14-12-20(13-15-27)22-25-26-24(30)28(22)16-18-8-10-21(31-2)11-9-18/h3-11,17,20H,12-16H2,1-2H3,(H,26,30)/t17-/m0/s1. The highest BCUT2D eigenvalue weighted by molar-refractivity contribution is 5.83. The monoisotopic (exact) mass is 420 g/mol. The number of likely N-dealkylation sites (tertiary alicyclic amines) is 1. The number of aromatic amines is 1. The number of nitrogens with zero attached hydrogens (tertiary/aromatic N) is 3. The Morgan fingerprint density at radius 3 is 2.45 bits per heavy atom. The van der Waals surface area contributed by atoms with Crippen LogP contribution >= 0.6 is 0 Å². The molecule has 31 heavy (non-hydrogen) atoms. The van der Waals surface area contributed by atoms with Crippen LogP contribution in [-0.2, 0) is 11.3 Å². The Kier molecular flexibility index (Phi) is 6.21. The number of benzene rings is 2. The zero-order valence-corrected chi connectivity index (χ0v) is 18.0. The highest BCUT2D eigenvalue weighted by atomic mass is 16.5. The van der Waals surface area contributed by atoms with E-state index in [9.17, 15) is 9.59 Å². The fourth-order valence-corrected chi connectivity index (χ4v) is 4.22. The fourth-order valence-electron chi connectivity index (χ4n) is 4.22. The number of amides is 1. The van der Waals surface area contributed by atoms with Gasteiger partial charge in [-0.3, -0.25) is 9.36 Å². The number of ether oxygens (including phenoxy) is 1. The van der Waals surface area contributed by atoms with Crippen LogP contribution in [-0.4, -0.2) is 45.8 Å². The van der Waals surface area contributed by atoms with E-state index in [2.05, 4.69) is 10.2 Å². The number of hydrogen-bond donors (Lipinski definition) is 1. The summed E-state index contributed by atoms with van der Waals surface area (Å²) in [7, 11) is 1.63. The quantitative estimate of drug-likeness (QED) is 0.664. The third kappa shape index (κ3) is 4.55. The van der Waals surface area contributed by atoms with Crippen molar-refractivity contribution in [2.24, 2.45) is 0 Å². The van der Waals surface area contributed by atoms with Crippen molar-refractivity contribution >= 4 is 5.91 Å². The van der Waals surface area contributed by atoms with Crippen LogP contribution in [0.2, 0.25) is 0 Å². The molecule has 2 aromatic carbocycles. The summed E-state index contributed by atoms with van der Waals surface area (Å²) in [5.74, 6) is 1.70. The van der Waals surface area contributed by atoms with E-state index < -0.39 is 0 Å². The number of aromatic nitrogens is 3. The molecule has 0 spiro atoms. The third-order valence-electron chi connectivity index (χ3n) is 6.13. The molecule has 7 nitrogen and oxygen atoms in total. The van der Waals surface area contributed by atoms with Gasteiger partial charge in [-0.25, -0.2) is 9.89 Å². The number of nitrogens with one attached hydrogen (secondary N) is 1. The zero-order chi connectivity index (χ0) is 21.8. The van der Waals surface area contributed by atoms with Crippen LogP contribution in [0, 0.1) is 0 Å². The van der Waals surface area contributed by atoms with E-state index in [4.69, 9.17) is 4.74 Å². The molecule has 0 saturated carbocycles. The van der Waals surface area contributed by atoms with Gasteiger partial charge in [0.15, 0.2) is 0 Å². The molecule has 0 radical (unpaired) electrons. The minimum Gasteiger partial charge on any atom is -0.497 e. The Balaban J connectivity index is 1.42. The van der Waals surface area contributed by atoms with Crippen molar-refractivity contribution in [3.05, 3.63) is 82.0 Å². The lowest BCUT2D eigenvalue weighted by Crippen LogP contribution is -2.40. The largest absolute Gasteiger partial charge is 0.497 e. The lowest BCUT2D eigenvalue weighted by Gasteiger charge is -2.33. The Labute approximate surface area is 181 Å². The van der Waals surface area contributed by atoms with Gasteiger partial charge in [0, 0.05) is 19.0 Å². The van der Waals surface area contributed by atoms with E-state index in [1.165, 1.54) is 0 Å². The van der Waals surface area contributed by atoms with E-state index >= 15 is 0 Å². The summed E-state index contributed by atoms with van der Waals surface area (Å²) >= 11 is 0. The summed E-state index contributed by atoms with van der Waals surface area (Å²) in [6, 6.07) is 17.6. The lowest BCUT2D eigenvalue weighted by molar-refractivity contribution is -0.133. The fraction of sp³-hybridized carbons (Fsp3) is 0.375. The molecule has 162 valence electrons. The highest BCUT2D eigenvalue weighted by Gasteiger charge is 2.30. The van der Waals surface area contributed by atoms with E-state index in [1.54, 1.807) is 11.7 Å². The van der Waals surface area contributed by atoms with Crippen LogP contribution in [0.15, 0.2) is 59.4 Å². The first-order valence-corrected chi connectivity index (χ1v) is 10.7. The smallest absolute Gasteiger partial charge is 0.343 e. The Morgan fingerprint density at radius 2 is 1.81 bits per heavy atom. The minimum absolute atomic E-state index is 0.147. The van der Waals surface area contributed by atoms with Gasteiger partial charge in [0.25, 0.3) is 0 Å².